The Labute approximate surface area is 170 Å². The highest BCUT2D eigenvalue weighted by Crippen LogP contribution is 2.45. The third-order valence-electron chi connectivity index (χ3n) is 5.69. The van der Waals surface area contributed by atoms with Gasteiger partial charge in [0, 0.05) is 50.0 Å². The maximum absolute atomic E-state index is 5.55. The van der Waals surface area contributed by atoms with Crippen LogP contribution in [-0.2, 0) is 15.9 Å². The molecule has 3 aromatic rings. The molecule has 2 aliphatic rings. The number of aryl methyl sites for hydroxylation is 1. The van der Waals surface area contributed by atoms with E-state index >= 15 is 0 Å². The fourth-order valence-corrected chi connectivity index (χ4v) is 4.01. The van der Waals surface area contributed by atoms with Crippen LogP contribution in [-0.4, -0.2) is 59.6 Å². The molecule has 29 heavy (non-hydrogen) atoms. The summed E-state index contributed by atoms with van der Waals surface area (Å²) >= 11 is 0. The number of hydrogen-bond donors (Lipinski definition) is 0. The van der Waals surface area contributed by atoms with Gasteiger partial charge in [-0.1, -0.05) is 0 Å². The molecule has 4 heterocycles. The van der Waals surface area contributed by atoms with Crippen LogP contribution in [0.1, 0.15) is 35.8 Å². The zero-order valence-electron chi connectivity index (χ0n) is 17.1. The molecule has 1 saturated heterocycles. The molecule has 3 aromatic heterocycles. The van der Waals surface area contributed by atoms with Crippen molar-refractivity contribution in [2.75, 3.05) is 44.9 Å². The molecule has 0 spiro atoms. The van der Waals surface area contributed by atoms with E-state index in [1.165, 1.54) is 12.8 Å². The van der Waals surface area contributed by atoms with Gasteiger partial charge in [-0.25, -0.2) is 9.50 Å². The predicted octanol–water partition coefficient (Wildman–Crippen LogP) is 3.00. The minimum Gasteiger partial charge on any atom is -0.384 e. The number of imidazole rings is 1. The van der Waals surface area contributed by atoms with Crippen molar-refractivity contribution in [2.45, 2.75) is 32.1 Å². The first kappa shape index (κ1) is 18.5. The lowest BCUT2D eigenvalue weighted by Gasteiger charge is -2.29. The Morgan fingerprint density at radius 3 is 2.72 bits per heavy atom. The molecule has 0 atom stereocenters. The zero-order chi connectivity index (χ0) is 19.8. The molecular formula is C22H27N5O2. The van der Waals surface area contributed by atoms with Crippen molar-refractivity contribution in [1.82, 2.24) is 19.6 Å². The molecule has 5 rings (SSSR count). The van der Waals surface area contributed by atoms with E-state index < -0.39 is 0 Å². The van der Waals surface area contributed by atoms with E-state index in [0.29, 0.717) is 12.5 Å². The minimum absolute atomic E-state index is 0.526. The van der Waals surface area contributed by atoms with E-state index in [9.17, 15) is 0 Å². The maximum Gasteiger partial charge on any atom is 0.178 e. The van der Waals surface area contributed by atoms with Crippen molar-refractivity contribution < 1.29 is 9.47 Å². The van der Waals surface area contributed by atoms with Gasteiger partial charge in [0.1, 0.15) is 0 Å². The molecule has 2 fully saturated rings. The maximum atomic E-state index is 5.55. The molecular weight excluding hydrogens is 366 g/mol. The summed E-state index contributed by atoms with van der Waals surface area (Å²) in [5.74, 6) is 0.526. The Balaban J connectivity index is 1.62. The fourth-order valence-electron chi connectivity index (χ4n) is 4.01. The predicted molar refractivity (Wildman–Crippen MR) is 112 cm³/mol. The molecule has 0 unspecified atom stereocenters. The Morgan fingerprint density at radius 1 is 1.21 bits per heavy atom. The molecule has 1 saturated carbocycles. The number of rotatable bonds is 6. The Bertz CT molecular complexity index is 1000. The first-order chi connectivity index (χ1) is 14.2. The molecule has 0 aromatic carbocycles. The Kier molecular flexibility index (Phi) is 4.93. The second kappa shape index (κ2) is 7.72. The molecule has 0 amide bonds. The molecule has 1 aliphatic heterocycles. The third kappa shape index (κ3) is 3.60. The van der Waals surface area contributed by atoms with E-state index in [4.69, 9.17) is 19.6 Å². The summed E-state index contributed by atoms with van der Waals surface area (Å²) in [6.45, 7) is 6.01. The number of fused-ring (bicyclic) bond motifs is 1. The molecule has 152 valence electrons. The van der Waals surface area contributed by atoms with Crippen molar-refractivity contribution in [3.63, 3.8) is 0 Å². The van der Waals surface area contributed by atoms with Crippen molar-refractivity contribution in [3.05, 3.63) is 41.5 Å². The lowest BCUT2D eigenvalue weighted by Crippen LogP contribution is -2.36. The summed E-state index contributed by atoms with van der Waals surface area (Å²) in [6, 6.07) is 6.38. The van der Waals surface area contributed by atoms with Crippen molar-refractivity contribution in [1.29, 1.82) is 0 Å². The van der Waals surface area contributed by atoms with Crippen LogP contribution < -0.4 is 4.90 Å². The average molecular weight is 393 g/mol. The van der Waals surface area contributed by atoms with Gasteiger partial charge in [-0.2, -0.15) is 5.10 Å². The van der Waals surface area contributed by atoms with E-state index in [2.05, 4.69) is 35.0 Å². The number of hydrogen-bond acceptors (Lipinski definition) is 6. The van der Waals surface area contributed by atoms with Crippen LogP contribution >= 0.6 is 0 Å². The van der Waals surface area contributed by atoms with Gasteiger partial charge in [-0.3, -0.25) is 4.98 Å². The Hall–Kier alpha value is -2.51. The molecule has 7 heteroatoms. The van der Waals surface area contributed by atoms with Crippen LogP contribution in [0.4, 0.5) is 5.69 Å². The lowest BCUT2D eigenvalue weighted by atomic mass is 10.1. The van der Waals surface area contributed by atoms with E-state index in [1.807, 2.05) is 10.7 Å². The normalized spacial score (nSPS) is 17.2. The monoisotopic (exact) mass is 393 g/mol. The molecule has 0 bridgehead atoms. The van der Waals surface area contributed by atoms with Crippen LogP contribution in [0.2, 0.25) is 0 Å². The quantitative estimate of drug-likeness (QED) is 0.641. The van der Waals surface area contributed by atoms with Crippen LogP contribution in [0.15, 0.2) is 24.4 Å². The molecule has 0 N–H and O–H groups in total. The number of ether oxygens (including phenoxy) is 2. The third-order valence-corrected chi connectivity index (χ3v) is 5.69. The number of morpholine rings is 1. The largest absolute Gasteiger partial charge is 0.384 e. The highest BCUT2D eigenvalue weighted by molar-refractivity contribution is 5.76. The molecule has 0 radical (unpaired) electrons. The van der Waals surface area contributed by atoms with Crippen LogP contribution in [0.5, 0.6) is 0 Å². The highest BCUT2D eigenvalue weighted by Gasteiger charge is 2.32. The van der Waals surface area contributed by atoms with Gasteiger partial charge in [0.2, 0.25) is 0 Å². The van der Waals surface area contributed by atoms with Gasteiger partial charge >= 0.3 is 0 Å². The van der Waals surface area contributed by atoms with E-state index in [0.717, 1.165) is 72.4 Å². The topological polar surface area (TPSA) is 64.8 Å². The number of anilines is 1. The lowest BCUT2D eigenvalue weighted by molar-refractivity contribution is 0.123. The van der Waals surface area contributed by atoms with Crippen LogP contribution in [0, 0.1) is 6.92 Å². The zero-order valence-corrected chi connectivity index (χ0v) is 17.1. The van der Waals surface area contributed by atoms with Gasteiger partial charge in [-0.05, 0) is 38.0 Å². The van der Waals surface area contributed by atoms with Crippen LogP contribution in [0.3, 0.4) is 0 Å². The van der Waals surface area contributed by atoms with E-state index in [1.54, 1.807) is 7.11 Å². The molecule has 7 nitrogen and oxygen atoms in total. The summed E-state index contributed by atoms with van der Waals surface area (Å²) in [7, 11) is 1.72. The minimum atomic E-state index is 0.526. The number of methoxy groups -OCH3 is 1. The summed E-state index contributed by atoms with van der Waals surface area (Å²) in [5.41, 5.74) is 7.44. The van der Waals surface area contributed by atoms with Gasteiger partial charge in [0.15, 0.2) is 5.65 Å². The van der Waals surface area contributed by atoms with Gasteiger partial charge in [0.25, 0.3) is 0 Å². The Morgan fingerprint density at radius 2 is 2.03 bits per heavy atom. The van der Waals surface area contributed by atoms with Crippen molar-refractivity contribution in [2.24, 2.45) is 0 Å². The van der Waals surface area contributed by atoms with Gasteiger partial charge in [-0.15, -0.1) is 0 Å². The first-order valence-electron chi connectivity index (χ1n) is 10.4. The standard InChI is InChI=1S/C22H27N5O2/c1-15-13-19(26-8-11-29-12-9-26)22-24-20(16-3-4-16)21(27(22)25-15)17-5-6-18(23-14-17)7-10-28-2/h5-6,13-14,16H,3-4,7-12H2,1-2H3. The fraction of sp³-hybridized carbons (Fsp3) is 0.500. The summed E-state index contributed by atoms with van der Waals surface area (Å²) in [5, 5.41) is 4.86. The average Bonchev–Trinajstić information content (AvgIpc) is 3.53. The highest BCUT2D eigenvalue weighted by atomic mass is 16.5. The number of aromatic nitrogens is 4. The SMILES string of the molecule is COCCc1ccc(-c2c(C3CC3)nc3c(N4CCOCC4)cc(C)nn23)cn1. The first-order valence-corrected chi connectivity index (χ1v) is 10.4. The number of nitrogens with zero attached hydrogens (tertiary/aromatic N) is 5. The summed E-state index contributed by atoms with van der Waals surface area (Å²) in [4.78, 5) is 12.1. The van der Waals surface area contributed by atoms with Crippen LogP contribution in [0.25, 0.3) is 16.9 Å². The van der Waals surface area contributed by atoms with Crippen molar-refractivity contribution in [3.8, 4) is 11.3 Å². The van der Waals surface area contributed by atoms with Crippen molar-refractivity contribution >= 4 is 11.3 Å². The second-order valence-electron chi connectivity index (χ2n) is 7.91. The van der Waals surface area contributed by atoms with E-state index in [-0.39, 0.29) is 0 Å². The smallest absolute Gasteiger partial charge is 0.178 e. The molecule has 1 aliphatic carbocycles. The van der Waals surface area contributed by atoms with Gasteiger partial charge in [0.05, 0.1) is 42.6 Å². The van der Waals surface area contributed by atoms with Gasteiger partial charge < -0.3 is 14.4 Å². The number of pyridine rings is 1. The summed E-state index contributed by atoms with van der Waals surface area (Å²) in [6.07, 6.45) is 5.17. The summed E-state index contributed by atoms with van der Waals surface area (Å²) < 4.78 is 12.8. The second-order valence-corrected chi connectivity index (χ2v) is 7.91.